The maximum absolute atomic E-state index is 12.8. The highest BCUT2D eigenvalue weighted by Crippen LogP contribution is 2.34. The molecule has 1 aliphatic rings. The second-order valence-corrected chi connectivity index (χ2v) is 9.75. The number of benzene rings is 2. The molecule has 0 unspecified atom stereocenters. The number of carbonyl (C=O) groups is 2. The van der Waals surface area contributed by atoms with Crippen LogP contribution in [0.3, 0.4) is 0 Å². The molecule has 162 valence electrons. The van der Waals surface area contributed by atoms with Gasteiger partial charge in [0.1, 0.15) is 4.90 Å². The standard InChI is InChI=1S/C22H21ClN2O5S/c23-16-12-13(10-11-18(16)31(29,30)25-14-6-2-1-3-7-14)20-19(21(26)22(27)28)15-8-4-5-9-17(15)24-20/h4-5,8-12,14,24-25H,1-3,6-7H2,(H,27,28). The van der Waals surface area contributed by atoms with Crippen LogP contribution < -0.4 is 4.72 Å². The van der Waals surface area contributed by atoms with E-state index in [1.54, 1.807) is 24.3 Å². The number of carbonyl (C=O) groups excluding carboxylic acids is 1. The van der Waals surface area contributed by atoms with Gasteiger partial charge in [0.15, 0.2) is 0 Å². The highest BCUT2D eigenvalue weighted by atomic mass is 35.5. The number of hydrogen-bond donors (Lipinski definition) is 3. The molecule has 0 bridgehead atoms. The van der Waals surface area contributed by atoms with Gasteiger partial charge >= 0.3 is 5.97 Å². The lowest BCUT2D eigenvalue weighted by Gasteiger charge is -2.23. The van der Waals surface area contributed by atoms with E-state index in [2.05, 4.69) is 9.71 Å². The summed E-state index contributed by atoms with van der Waals surface area (Å²) < 4.78 is 28.4. The molecule has 7 nitrogen and oxygen atoms in total. The van der Waals surface area contributed by atoms with E-state index in [4.69, 9.17) is 11.6 Å². The van der Waals surface area contributed by atoms with E-state index >= 15 is 0 Å². The molecular weight excluding hydrogens is 440 g/mol. The van der Waals surface area contributed by atoms with Crippen molar-refractivity contribution >= 4 is 44.3 Å². The van der Waals surface area contributed by atoms with Gasteiger partial charge in [-0.3, -0.25) is 4.79 Å². The smallest absolute Gasteiger partial charge is 0.377 e. The Bertz CT molecular complexity index is 1280. The van der Waals surface area contributed by atoms with Crippen LogP contribution >= 0.6 is 11.6 Å². The van der Waals surface area contributed by atoms with Crippen molar-refractivity contribution in [3.8, 4) is 11.3 Å². The first kappa shape index (κ1) is 21.5. The van der Waals surface area contributed by atoms with Crippen LogP contribution in [0.25, 0.3) is 22.2 Å². The molecule has 1 fully saturated rings. The van der Waals surface area contributed by atoms with E-state index in [0.29, 0.717) is 16.5 Å². The van der Waals surface area contributed by atoms with Gasteiger partial charge in [0.2, 0.25) is 10.0 Å². The number of sulfonamides is 1. The summed E-state index contributed by atoms with van der Waals surface area (Å²) >= 11 is 6.34. The van der Waals surface area contributed by atoms with Crippen LogP contribution in [0, 0.1) is 0 Å². The minimum atomic E-state index is -3.81. The third-order valence-corrected chi connectivity index (χ3v) is 7.57. The molecule has 1 aromatic heterocycles. The number of Topliss-reactive ketones (excluding diaryl/α,β-unsaturated/α-hetero) is 1. The number of fused-ring (bicyclic) bond motifs is 1. The van der Waals surface area contributed by atoms with Crippen LogP contribution in [0.2, 0.25) is 5.02 Å². The number of ketones is 1. The van der Waals surface area contributed by atoms with Gasteiger partial charge in [-0.05, 0) is 31.0 Å². The van der Waals surface area contributed by atoms with E-state index in [0.717, 1.165) is 32.1 Å². The Balaban J connectivity index is 1.75. The monoisotopic (exact) mass is 460 g/mol. The summed E-state index contributed by atoms with van der Waals surface area (Å²) in [6.07, 6.45) is 4.67. The zero-order valence-corrected chi connectivity index (χ0v) is 18.1. The maximum Gasteiger partial charge on any atom is 0.377 e. The summed E-state index contributed by atoms with van der Waals surface area (Å²) in [5.74, 6) is -2.63. The van der Waals surface area contributed by atoms with E-state index in [-0.39, 0.29) is 27.2 Å². The molecule has 0 atom stereocenters. The molecule has 9 heteroatoms. The number of halogens is 1. The fraction of sp³-hybridized carbons (Fsp3) is 0.273. The fourth-order valence-corrected chi connectivity index (χ4v) is 5.93. The predicted octanol–water partition coefficient (Wildman–Crippen LogP) is 4.37. The van der Waals surface area contributed by atoms with Gasteiger partial charge < -0.3 is 10.1 Å². The van der Waals surface area contributed by atoms with E-state index < -0.39 is 21.8 Å². The quantitative estimate of drug-likeness (QED) is 0.373. The molecule has 4 rings (SSSR count). The second kappa shape index (κ2) is 8.45. The van der Waals surface area contributed by atoms with Crippen molar-refractivity contribution in [3.05, 3.63) is 53.1 Å². The number of para-hydroxylation sites is 1. The molecule has 1 saturated carbocycles. The first-order valence-electron chi connectivity index (χ1n) is 9.98. The number of aromatic amines is 1. The van der Waals surface area contributed by atoms with Crippen LogP contribution in [-0.2, 0) is 14.8 Å². The van der Waals surface area contributed by atoms with E-state index in [9.17, 15) is 23.1 Å². The predicted molar refractivity (Wildman–Crippen MR) is 118 cm³/mol. The van der Waals surface area contributed by atoms with Gasteiger partial charge in [0.05, 0.1) is 16.3 Å². The molecule has 3 aromatic rings. The summed E-state index contributed by atoms with van der Waals surface area (Å²) in [5, 5.41) is 9.73. The Morgan fingerprint density at radius 3 is 2.45 bits per heavy atom. The van der Waals surface area contributed by atoms with Gasteiger partial charge in [0, 0.05) is 22.5 Å². The Kier molecular flexibility index (Phi) is 5.88. The third-order valence-electron chi connectivity index (χ3n) is 5.56. The minimum absolute atomic E-state index is 0.00631. The topological polar surface area (TPSA) is 116 Å². The average Bonchev–Trinajstić information content (AvgIpc) is 3.12. The van der Waals surface area contributed by atoms with Crippen molar-refractivity contribution in [3.63, 3.8) is 0 Å². The van der Waals surface area contributed by atoms with Crippen molar-refractivity contribution in [1.29, 1.82) is 0 Å². The van der Waals surface area contributed by atoms with Crippen LogP contribution in [-0.4, -0.2) is 36.3 Å². The molecule has 3 N–H and O–H groups in total. The molecule has 1 aliphatic carbocycles. The summed E-state index contributed by atoms with van der Waals surface area (Å²) in [6, 6.07) is 11.1. The normalized spacial score (nSPS) is 15.3. The van der Waals surface area contributed by atoms with Crippen molar-refractivity contribution < 1.29 is 23.1 Å². The molecule has 0 radical (unpaired) electrons. The van der Waals surface area contributed by atoms with Gasteiger partial charge in [0.25, 0.3) is 5.78 Å². The Hall–Kier alpha value is -2.68. The number of carboxylic acid groups (broad SMARTS) is 1. The Morgan fingerprint density at radius 1 is 1.06 bits per heavy atom. The lowest BCUT2D eigenvalue weighted by molar-refractivity contribution is -0.131. The van der Waals surface area contributed by atoms with Crippen LogP contribution in [0.1, 0.15) is 42.5 Å². The lowest BCUT2D eigenvalue weighted by atomic mass is 9.96. The number of carboxylic acids is 1. The first-order chi connectivity index (χ1) is 14.8. The number of rotatable bonds is 6. The Morgan fingerprint density at radius 2 is 1.77 bits per heavy atom. The molecule has 0 amide bonds. The molecule has 0 saturated heterocycles. The fourth-order valence-electron chi connectivity index (χ4n) is 4.08. The van der Waals surface area contributed by atoms with E-state index in [1.807, 2.05) is 0 Å². The zero-order chi connectivity index (χ0) is 22.2. The number of nitrogens with one attached hydrogen (secondary N) is 2. The van der Waals surface area contributed by atoms with Crippen molar-refractivity contribution in [2.45, 2.75) is 43.0 Å². The highest BCUT2D eigenvalue weighted by molar-refractivity contribution is 7.89. The van der Waals surface area contributed by atoms with Gasteiger partial charge in [-0.15, -0.1) is 0 Å². The molecule has 1 heterocycles. The van der Waals surface area contributed by atoms with Crippen LogP contribution in [0.15, 0.2) is 47.4 Å². The SMILES string of the molecule is O=C(O)C(=O)c1c(-c2ccc(S(=O)(=O)NC3CCCCC3)c(Cl)c2)[nH]c2ccccc12. The number of aromatic nitrogens is 1. The third kappa shape index (κ3) is 4.23. The van der Waals surface area contributed by atoms with Crippen LogP contribution in [0.5, 0.6) is 0 Å². The van der Waals surface area contributed by atoms with Gasteiger partial charge in [-0.25, -0.2) is 17.9 Å². The molecular formula is C22H21ClN2O5S. The largest absolute Gasteiger partial charge is 0.475 e. The van der Waals surface area contributed by atoms with Gasteiger partial charge in [-0.1, -0.05) is 55.1 Å². The molecule has 31 heavy (non-hydrogen) atoms. The maximum atomic E-state index is 12.8. The first-order valence-corrected chi connectivity index (χ1v) is 11.8. The molecule has 0 spiro atoms. The summed E-state index contributed by atoms with van der Waals surface area (Å²) in [5.41, 5.74) is 1.30. The average molecular weight is 461 g/mol. The van der Waals surface area contributed by atoms with E-state index in [1.165, 1.54) is 18.2 Å². The number of hydrogen-bond acceptors (Lipinski definition) is 4. The second-order valence-electron chi connectivity index (χ2n) is 7.66. The summed E-state index contributed by atoms with van der Waals surface area (Å²) in [6.45, 7) is 0. The number of aliphatic carboxylic acids is 1. The zero-order valence-electron chi connectivity index (χ0n) is 16.5. The van der Waals surface area contributed by atoms with Gasteiger partial charge in [-0.2, -0.15) is 0 Å². The van der Waals surface area contributed by atoms with Crippen molar-refractivity contribution in [2.75, 3.05) is 0 Å². The Labute approximate surface area is 184 Å². The van der Waals surface area contributed by atoms with Crippen molar-refractivity contribution in [2.24, 2.45) is 0 Å². The molecule has 0 aliphatic heterocycles. The summed E-state index contributed by atoms with van der Waals surface area (Å²) in [4.78, 5) is 26.8. The van der Waals surface area contributed by atoms with Crippen molar-refractivity contribution in [1.82, 2.24) is 9.71 Å². The number of H-pyrrole nitrogens is 1. The minimum Gasteiger partial charge on any atom is -0.475 e. The molecule has 2 aromatic carbocycles. The highest BCUT2D eigenvalue weighted by Gasteiger charge is 2.27. The lowest BCUT2D eigenvalue weighted by Crippen LogP contribution is -2.36. The summed E-state index contributed by atoms with van der Waals surface area (Å²) in [7, 11) is -3.81. The van der Waals surface area contributed by atoms with Crippen LogP contribution in [0.4, 0.5) is 0 Å².